The zero-order valence-electron chi connectivity index (χ0n) is 15.1. The van der Waals surface area contributed by atoms with Gasteiger partial charge in [0.15, 0.2) is 5.13 Å². The first-order chi connectivity index (χ1) is 13.2. The van der Waals surface area contributed by atoms with Gasteiger partial charge < -0.3 is 10.4 Å². The average Bonchev–Trinajstić information content (AvgIpc) is 3.14. The average molecular weight is 419 g/mol. The first kappa shape index (κ1) is 20.0. The molecule has 28 heavy (non-hydrogen) atoms. The van der Waals surface area contributed by atoms with Crippen molar-refractivity contribution < 1.29 is 24.3 Å². The second-order valence-corrected chi connectivity index (χ2v) is 8.29. The molecule has 1 fully saturated rings. The van der Waals surface area contributed by atoms with E-state index in [4.69, 9.17) is 5.11 Å². The standard InChI is InChI=1S/C18H17N3O5S2/c1-9-3-4-12(5-10(9)2)21-16(25)13(28-18(21)26)7-14(22)20-17-19-11(8-27-17)6-15(23)24/h3-5,8,13H,6-7H2,1-2H3,(H,23,24)(H,19,20,22). The molecule has 3 amide bonds. The highest BCUT2D eigenvalue weighted by Gasteiger charge is 2.41. The lowest BCUT2D eigenvalue weighted by molar-refractivity contribution is -0.136. The topological polar surface area (TPSA) is 117 Å². The molecule has 146 valence electrons. The normalized spacial score (nSPS) is 16.5. The van der Waals surface area contributed by atoms with Crippen LogP contribution in [0.25, 0.3) is 0 Å². The van der Waals surface area contributed by atoms with Crippen LogP contribution in [0.5, 0.6) is 0 Å². The van der Waals surface area contributed by atoms with Crippen LogP contribution < -0.4 is 10.2 Å². The fraction of sp³-hybridized carbons (Fsp3) is 0.278. The number of carboxylic acids is 1. The Morgan fingerprint density at radius 2 is 2.00 bits per heavy atom. The Kier molecular flexibility index (Phi) is 5.80. The molecule has 2 aromatic rings. The molecule has 0 spiro atoms. The van der Waals surface area contributed by atoms with Crippen molar-refractivity contribution in [2.75, 3.05) is 10.2 Å². The molecule has 1 aliphatic rings. The summed E-state index contributed by atoms with van der Waals surface area (Å²) in [6.07, 6.45) is -0.410. The van der Waals surface area contributed by atoms with E-state index in [1.165, 1.54) is 0 Å². The number of carboxylic acid groups (broad SMARTS) is 1. The minimum atomic E-state index is -1.01. The first-order valence-corrected chi connectivity index (χ1v) is 10.1. The van der Waals surface area contributed by atoms with Crippen LogP contribution >= 0.6 is 23.1 Å². The number of imide groups is 1. The molecule has 10 heteroatoms. The molecule has 0 radical (unpaired) electrons. The third kappa shape index (κ3) is 4.39. The predicted octanol–water partition coefficient (Wildman–Crippen LogP) is 2.98. The summed E-state index contributed by atoms with van der Waals surface area (Å²) in [5.41, 5.74) is 2.85. The van der Waals surface area contributed by atoms with Gasteiger partial charge in [0.2, 0.25) is 11.8 Å². The lowest BCUT2D eigenvalue weighted by Gasteiger charge is -2.15. The van der Waals surface area contributed by atoms with E-state index in [1.807, 2.05) is 19.9 Å². The lowest BCUT2D eigenvalue weighted by Crippen LogP contribution is -2.33. The van der Waals surface area contributed by atoms with Gasteiger partial charge in [0, 0.05) is 11.8 Å². The number of thioether (sulfide) groups is 1. The molecule has 1 atom stereocenters. The minimum Gasteiger partial charge on any atom is -0.481 e. The van der Waals surface area contributed by atoms with E-state index in [-0.39, 0.29) is 18.0 Å². The van der Waals surface area contributed by atoms with E-state index in [0.717, 1.165) is 39.1 Å². The van der Waals surface area contributed by atoms with Crippen LogP contribution in [0.2, 0.25) is 0 Å². The summed E-state index contributed by atoms with van der Waals surface area (Å²) in [4.78, 5) is 53.0. The first-order valence-electron chi connectivity index (χ1n) is 8.32. The maximum absolute atomic E-state index is 12.7. The summed E-state index contributed by atoms with van der Waals surface area (Å²) in [5.74, 6) is -1.91. The van der Waals surface area contributed by atoms with E-state index in [1.54, 1.807) is 17.5 Å². The molecule has 8 nitrogen and oxygen atoms in total. The number of nitrogens with one attached hydrogen (secondary N) is 1. The van der Waals surface area contributed by atoms with Gasteiger partial charge in [0.05, 0.1) is 17.8 Å². The Balaban J connectivity index is 1.64. The highest BCUT2D eigenvalue weighted by Crippen LogP contribution is 2.34. The van der Waals surface area contributed by atoms with Gasteiger partial charge in [-0.3, -0.25) is 19.2 Å². The molecule has 1 saturated heterocycles. The van der Waals surface area contributed by atoms with Crippen molar-refractivity contribution in [1.82, 2.24) is 4.98 Å². The van der Waals surface area contributed by atoms with Crippen LogP contribution in [0.4, 0.5) is 15.6 Å². The Labute approximate surface area is 169 Å². The Morgan fingerprint density at radius 1 is 1.25 bits per heavy atom. The number of thiazole rings is 1. The molecule has 3 rings (SSSR count). The lowest BCUT2D eigenvalue weighted by atomic mass is 10.1. The van der Waals surface area contributed by atoms with E-state index < -0.39 is 28.3 Å². The van der Waals surface area contributed by atoms with Crippen molar-refractivity contribution in [2.24, 2.45) is 0 Å². The van der Waals surface area contributed by atoms with Crippen LogP contribution in [0.3, 0.4) is 0 Å². The van der Waals surface area contributed by atoms with E-state index in [2.05, 4.69) is 10.3 Å². The molecule has 2 N–H and O–H groups in total. The van der Waals surface area contributed by atoms with E-state index >= 15 is 0 Å². The second-order valence-electron chi connectivity index (χ2n) is 6.28. The van der Waals surface area contributed by atoms with Gasteiger partial charge in [-0.2, -0.15) is 0 Å². The monoisotopic (exact) mass is 419 g/mol. The number of rotatable bonds is 6. The number of hydrogen-bond acceptors (Lipinski definition) is 7. The van der Waals surface area contributed by atoms with Crippen molar-refractivity contribution >= 4 is 56.9 Å². The summed E-state index contributed by atoms with van der Waals surface area (Å²) >= 11 is 1.93. The van der Waals surface area contributed by atoms with E-state index in [0.29, 0.717) is 11.4 Å². The SMILES string of the molecule is Cc1ccc(N2C(=O)SC(CC(=O)Nc3nc(CC(=O)O)cs3)C2=O)cc1C. The fourth-order valence-electron chi connectivity index (χ4n) is 2.62. The van der Waals surface area contributed by atoms with Crippen molar-refractivity contribution in [3.8, 4) is 0 Å². The molecule has 0 saturated carbocycles. The van der Waals surface area contributed by atoms with Gasteiger partial charge in [0.25, 0.3) is 5.24 Å². The number of aryl methyl sites for hydroxylation is 2. The molecule has 1 unspecified atom stereocenters. The van der Waals surface area contributed by atoms with Gasteiger partial charge in [-0.1, -0.05) is 6.07 Å². The molecular weight excluding hydrogens is 402 g/mol. The number of anilines is 2. The minimum absolute atomic E-state index is 0.176. The summed E-state index contributed by atoms with van der Waals surface area (Å²) in [7, 11) is 0. The molecule has 1 aromatic heterocycles. The quantitative estimate of drug-likeness (QED) is 0.739. The summed E-state index contributed by atoms with van der Waals surface area (Å²) < 4.78 is 0. The molecular formula is C18H17N3O5S2. The maximum Gasteiger partial charge on any atom is 0.309 e. The molecule has 1 aromatic carbocycles. The van der Waals surface area contributed by atoms with Crippen LogP contribution in [-0.2, 0) is 20.8 Å². The predicted molar refractivity (Wildman–Crippen MR) is 107 cm³/mol. The molecule has 1 aliphatic heterocycles. The van der Waals surface area contributed by atoms with Crippen LogP contribution in [0.1, 0.15) is 23.2 Å². The van der Waals surface area contributed by atoms with Crippen LogP contribution in [0.15, 0.2) is 23.6 Å². The number of carbonyl (C=O) groups excluding carboxylic acids is 3. The van der Waals surface area contributed by atoms with Gasteiger partial charge in [-0.05, 0) is 48.9 Å². The highest BCUT2D eigenvalue weighted by atomic mass is 32.2. The number of nitrogens with zero attached hydrogens (tertiary/aromatic N) is 2. The molecule has 2 heterocycles. The zero-order valence-corrected chi connectivity index (χ0v) is 16.7. The van der Waals surface area contributed by atoms with Crippen LogP contribution in [0, 0.1) is 13.8 Å². The van der Waals surface area contributed by atoms with Crippen molar-refractivity contribution in [3.05, 3.63) is 40.4 Å². The van der Waals surface area contributed by atoms with Crippen LogP contribution in [-0.4, -0.2) is 38.4 Å². The van der Waals surface area contributed by atoms with Gasteiger partial charge >= 0.3 is 5.97 Å². The summed E-state index contributed by atoms with van der Waals surface area (Å²) in [6, 6.07) is 5.32. The van der Waals surface area contributed by atoms with Crippen molar-refractivity contribution in [2.45, 2.75) is 31.9 Å². The maximum atomic E-state index is 12.7. The number of aromatic nitrogens is 1. The van der Waals surface area contributed by atoms with Crippen molar-refractivity contribution in [1.29, 1.82) is 0 Å². The van der Waals surface area contributed by atoms with Gasteiger partial charge in [0.1, 0.15) is 5.25 Å². The summed E-state index contributed by atoms with van der Waals surface area (Å²) in [5, 5.41) is 11.9. The summed E-state index contributed by atoms with van der Waals surface area (Å²) in [6.45, 7) is 3.84. The van der Waals surface area contributed by atoms with Gasteiger partial charge in [-0.15, -0.1) is 11.3 Å². The van der Waals surface area contributed by atoms with Gasteiger partial charge in [-0.25, -0.2) is 9.88 Å². The third-order valence-corrected chi connectivity index (χ3v) is 6.01. The molecule has 0 bridgehead atoms. The highest BCUT2D eigenvalue weighted by molar-refractivity contribution is 8.15. The fourth-order valence-corrected chi connectivity index (χ4v) is 4.34. The smallest absolute Gasteiger partial charge is 0.309 e. The van der Waals surface area contributed by atoms with Crippen molar-refractivity contribution in [3.63, 3.8) is 0 Å². The Morgan fingerprint density at radius 3 is 2.68 bits per heavy atom. The Bertz CT molecular complexity index is 972. The van der Waals surface area contributed by atoms with E-state index in [9.17, 15) is 19.2 Å². The number of benzene rings is 1. The third-order valence-electron chi connectivity index (χ3n) is 4.17. The number of aliphatic carboxylic acids is 1. The number of amides is 3. The zero-order chi connectivity index (χ0) is 20.4. The number of hydrogen-bond donors (Lipinski definition) is 2. The Hall–Kier alpha value is -2.72. The number of carbonyl (C=O) groups is 4. The molecule has 0 aliphatic carbocycles. The largest absolute Gasteiger partial charge is 0.481 e. The second kappa shape index (κ2) is 8.11.